The fraction of sp³-hybridized carbons (Fsp3) is 1.00. The minimum Gasteiger partial charge on any atom is -0.326 e. The first-order chi connectivity index (χ1) is 5.97. The van der Waals surface area contributed by atoms with Gasteiger partial charge in [0.1, 0.15) is 8.96 Å². The summed E-state index contributed by atoms with van der Waals surface area (Å²) < 4.78 is 2.73. The fourth-order valence-corrected chi connectivity index (χ4v) is 5.86. The predicted octanol–water partition coefficient (Wildman–Crippen LogP) is 3.26. The van der Waals surface area contributed by atoms with E-state index in [1.54, 1.807) is 0 Å². The maximum absolute atomic E-state index is 2.73. The number of nitrogens with zero attached hydrogens (tertiary/aromatic N) is 1. The van der Waals surface area contributed by atoms with Crippen LogP contribution in [-0.4, -0.2) is 26.6 Å². The van der Waals surface area contributed by atoms with Crippen LogP contribution in [0.3, 0.4) is 0 Å². The quantitative estimate of drug-likeness (QED) is 0.617. The Kier molecular flexibility index (Phi) is 5.89. The van der Waals surface area contributed by atoms with E-state index < -0.39 is 8.96 Å². The Bertz CT molecular complexity index is 125. The average Bonchev–Trinajstić information content (AvgIpc) is 2.03. The maximum atomic E-state index is 2.73. The minimum atomic E-state index is -0.704. The zero-order valence-corrected chi connectivity index (χ0v) is 11.5. The Balaban J connectivity index is 4.38. The summed E-state index contributed by atoms with van der Waals surface area (Å²) in [4.78, 5) is 0. The van der Waals surface area contributed by atoms with Crippen LogP contribution in [0.1, 0.15) is 48.0 Å². The highest BCUT2D eigenvalue weighted by Gasteiger charge is 2.29. The molecule has 0 aliphatic heterocycles. The molecule has 0 aromatic carbocycles. The van der Waals surface area contributed by atoms with Gasteiger partial charge in [0.25, 0.3) is 0 Å². The third-order valence-corrected chi connectivity index (χ3v) is 7.55. The van der Waals surface area contributed by atoms with Gasteiger partial charge in [-0.1, -0.05) is 48.0 Å². The zero-order valence-electron chi connectivity index (χ0n) is 10.4. The molecule has 0 fully saturated rings. The van der Waals surface area contributed by atoms with Crippen LogP contribution in [0.25, 0.3) is 0 Å². The molecule has 0 rings (SSSR count). The van der Waals surface area contributed by atoms with Crippen LogP contribution in [0.15, 0.2) is 0 Å². The second-order valence-corrected chi connectivity index (χ2v) is 8.96. The Morgan fingerprint density at radius 1 is 1.00 bits per heavy atom. The van der Waals surface area contributed by atoms with Crippen molar-refractivity contribution in [2.75, 3.05) is 13.1 Å². The van der Waals surface area contributed by atoms with E-state index >= 15 is 0 Å². The molecule has 2 heteroatoms. The van der Waals surface area contributed by atoms with Gasteiger partial charge in [0.05, 0.1) is 0 Å². The van der Waals surface area contributed by atoms with Crippen LogP contribution in [0.2, 0.25) is 11.1 Å². The van der Waals surface area contributed by atoms with Crippen LogP contribution in [0, 0.1) is 0 Å². The van der Waals surface area contributed by atoms with E-state index in [1.165, 1.54) is 25.6 Å². The van der Waals surface area contributed by atoms with E-state index in [1.807, 2.05) is 0 Å². The van der Waals surface area contributed by atoms with Crippen molar-refractivity contribution in [2.24, 2.45) is 0 Å². The first-order valence-electron chi connectivity index (χ1n) is 5.71. The molecule has 0 N–H and O–H groups in total. The molecular formula is C11H27NSi. The van der Waals surface area contributed by atoms with Gasteiger partial charge in [0, 0.05) is 0 Å². The standard InChI is InChI=1S/C11H27NSi/c1-7-10-13(11(4,5)6)12(8-2)9-3/h13H,7-10H2,1-6H3. The summed E-state index contributed by atoms with van der Waals surface area (Å²) in [5.74, 6) is 0. The molecule has 0 saturated heterocycles. The average molecular weight is 201 g/mol. The largest absolute Gasteiger partial charge is 0.326 e. The molecule has 0 radical (unpaired) electrons. The predicted molar refractivity (Wildman–Crippen MR) is 64.9 cm³/mol. The van der Waals surface area contributed by atoms with Crippen molar-refractivity contribution < 1.29 is 0 Å². The topological polar surface area (TPSA) is 3.24 Å². The molecule has 80 valence electrons. The van der Waals surface area contributed by atoms with Crippen molar-refractivity contribution in [2.45, 2.75) is 59.0 Å². The highest BCUT2D eigenvalue weighted by molar-refractivity contribution is 6.59. The van der Waals surface area contributed by atoms with Gasteiger partial charge < -0.3 is 4.57 Å². The van der Waals surface area contributed by atoms with Crippen molar-refractivity contribution in [3.05, 3.63) is 0 Å². The third-order valence-electron chi connectivity index (χ3n) is 2.81. The maximum Gasteiger partial charge on any atom is 0.117 e. The van der Waals surface area contributed by atoms with Crippen LogP contribution < -0.4 is 0 Å². The van der Waals surface area contributed by atoms with Crippen molar-refractivity contribution in [1.29, 1.82) is 0 Å². The van der Waals surface area contributed by atoms with E-state index in [0.717, 1.165) is 0 Å². The van der Waals surface area contributed by atoms with Crippen molar-refractivity contribution in [3.63, 3.8) is 0 Å². The lowest BCUT2D eigenvalue weighted by Gasteiger charge is -2.38. The lowest BCUT2D eigenvalue weighted by atomic mass is 10.2. The molecule has 0 heterocycles. The summed E-state index contributed by atoms with van der Waals surface area (Å²) in [5, 5.41) is 0.558. The Morgan fingerprint density at radius 3 is 1.69 bits per heavy atom. The van der Waals surface area contributed by atoms with Crippen LogP contribution in [0.4, 0.5) is 0 Å². The van der Waals surface area contributed by atoms with Gasteiger partial charge in [-0.2, -0.15) is 0 Å². The highest BCUT2D eigenvalue weighted by atomic mass is 28.3. The van der Waals surface area contributed by atoms with E-state index in [9.17, 15) is 0 Å². The Hall–Kier alpha value is 0.177. The van der Waals surface area contributed by atoms with Crippen LogP contribution in [-0.2, 0) is 0 Å². The monoisotopic (exact) mass is 201 g/mol. The summed E-state index contributed by atoms with van der Waals surface area (Å²) in [6, 6.07) is 1.46. The molecule has 1 atom stereocenters. The van der Waals surface area contributed by atoms with Gasteiger partial charge in [-0.3, -0.25) is 0 Å². The van der Waals surface area contributed by atoms with Gasteiger partial charge in [0.2, 0.25) is 0 Å². The normalized spacial score (nSPS) is 15.0. The molecule has 0 aromatic rings. The summed E-state index contributed by atoms with van der Waals surface area (Å²) in [5.41, 5.74) is 0. The number of hydrogen-bond acceptors (Lipinski definition) is 1. The second-order valence-electron chi connectivity index (χ2n) is 4.89. The Labute approximate surface area is 86.2 Å². The second kappa shape index (κ2) is 5.81. The smallest absolute Gasteiger partial charge is 0.117 e. The van der Waals surface area contributed by atoms with E-state index in [2.05, 4.69) is 46.1 Å². The van der Waals surface area contributed by atoms with Crippen molar-refractivity contribution >= 4 is 8.96 Å². The summed E-state index contributed by atoms with van der Waals surface area (Å²) >= 11 is 0. The fourth-order valence-electron chi connectivity index (χ4n) is 2.10. The molecule has 0 spiro atoms. The molecule has 0 amide bonds. The Morgan fingerprint density at radius 2 is 1.46 bits per heavy atom. The lowest BCUT2D eigenvalue weighted by molar-refractivity contribution is 0.448. The summed E-state index contributed by atoms with van der Waals surface area (Å²) in [7, 11) is -0.704. The molecule has 1 unspecified atom stereocenters. The summed E-state index contributed by atoms with van der Waals surface area (Å²) in [6.45, 7) is 16.6. The van der Waals surface area contributed by atoms with E-state index in [4.69, 9.17) is 0 Å². The third kappa shape index (κ3) is 4.27. The van der Waals surface area contributed by atoms with Crippen molar-refractivity contribution in [3.8, 4) is 0 Å². The molecule has 0 saturated carbocycles. The van der Waals surface area contributed by atoms with Crippen molar-refractivity contribution in [1.82, 2.24) is 4.57 Å². The van der Waals surface area contributed by atoms with E-state index in [-0.39, 0.29) is 0 Å². The van der Waals surface area contributed by atoms with Crippen LogP contribution in [0.5, 0.6) is 0 Å². The van der Waals surface area contributed by atoms with Crippen LogP contribution >= 0.6 is 0 Å². The van der Waals surface area contributed by atoms with Gasteiger partial charge in [-0.25, -0.2) is 0 Å². The number of rotatable bonds is 5. The number of hydrogen-bond donors (Lipinski definition) is 0. The highest BCUT2D eigenvalue weighted by Crippen LogP contribution is 2.31. The van der Waals surface area contributed by atoms with E-state index in [0.29, 0.717) is 5.04 Å². The summed E-state index contributed by atoms with van der Waals surface area (Å²) in [6.07, 6.45) is 1.35. The zero-order chi connectivity index (χ0) is 10.5. The minimum absolute atomic E-state index is 0.558. The molecule has 0 bridgehead atoms. The van der Waals surface area contributed by atoms with Gasteiger partial charge >= 0.3 is 0 Å². The molecule has 13 heavy (non-hydrogen) atoms. The molecular weight excluding hydrogens is 174 g/mol. The first-order valence-corrected chi connectivity index (χ1v) is 7.62. The van der Waals surface area contributed by atoms with Gasteiger partial charge in [-0.15, -0.1) is 0 Å². The SMILES string of the molecule is CCC[SiH](N(CC)CC)C(C)(C)C. The first kappa shape index (κ1) is 13.2. The van der Waals surface area contributed by atoms with Gasteiger partial charge in [-0.05, 0) is 24.2 Å². The molecule has 0 aliphatic carbocycles. The lowest BCUT2D eigenvalue weighted by Crippen LogP contribution is -2.45. The molecule has 1 nitrogen and oxygen atoms in total. The molecule has 0 aliphatic rings. The van der Waals surface area contributed by atoms with Gasteiger partial charge in [0.15, 0.2) is 0 Å². The molecule has 0 aromatic heterocycles.